The second kappa shape index (κ2) is 4.55. The summed E-state index contributed by atoms with van der Waals surface area (Å²) in [5, 5.41) is 4.16. The minimum Gasteiger partial charge on any atom is -0.469 e. The van der Waals surface area contributed by atoms with E-state index in [9.17, 15) is 4.79 Å². The van der Waals surface area contributed by atoms with Crippen molar-refractivity contribution >= 4 is 5.97 Å². The van der Waals surface area contributed by atoms with E-state index in [1.165, 1.54) is 7.11 Å². The molecule has 0 saturated heterocycles. The van der Waals surface area contributed by atoms with Gasteiger partial charge in [-0.15, -0.1) is 0 Å². The van der Waals surface area contributed by atoms with E-state index in [0.29, 0.717) is 0 Å². The Morgan fingerprint density at radius 2 is 1.71 bits per heavy atom. The Bertz CT molecular complexity index is 532. The number of nitrogens with zero attached hydrogens (tertiary/aromatic N) is 2. The van der Waals surface area contributed by atoms with Gasteiger partial charge in [0.2, 0.25) is 5.89 Å². The van der Waals surface area contributed by atoms with E-state index >= 15 is 0 Å². The standard InChI is InChI=1S/C16H24N2O3/c1-14(2,3)11-17-12(21-18-11)15-5-8-16(9-6-15,10-7-15)13(19)20-4/h5-10H2,1-4H3. The fourth-order valence-corrected chi connectivity index (χ4v) is 3.77. The Kier molecular flexibility index (Phi) is 3.15. The van der Waals surface area contributed by atoms with E-state index < -0.39 is 0 Å². The van der Waals surface area contributed by atoms with Crippen LogP contribution in [0, 0.1) is 5.41 Å². The van der Waals surface area contributed by atoms with Crippen molar-refractivity contribution in [1.82, 2.24) is 10.1 Å². The number of rotatable bonds is 2. The lowest BCUT2D eigenvalue weighted by Crippen LogP contribution is -2.48. The van der Waals surface area contributed by atoms with Gasteiger partial charge >= 0.3 is 5.97 Å². The highest BCUT2D eigenvalue weighted by atomic mass is 16.5. The summed E-state index contributed by atoms with van der Waals surface area (Å²) in [5.41, 5.74) is -0.382. The first-order valence-electron chi connectivity index (χ1n) is 7.75. The van der Waals surface area contributed by atoms with Gasteiger partial charge in [-0.1, -0.05) is 25.9 Å². The summed E-state index contributed by atoms with van der Waals surface area (Å²) in [7, 11) is 1.49. The fraction of sp³-hybridized carbons (Fsp3) is 0.812. The summed E-state index contributed by atoms with van der Waals surface area (Å²) in [6.07, 6.45) is 5.42. The van der Waals surface area contributed by atoms with Gasteiger partial charge < -0.3 is 9.26 Å². The van der Waals surface area contributed by atoms with Crippen LogP contribution >= 0.6 is 0 Å². The average Bonchev–Trinajstić information content (AvgIpc) is 2.99. The lowest BCUT2D eigenvalue weighted by atomic mass is 9.53. The molecular formula is C16H24N2O3. The molecule has 0 spiro atoms. The third-order valence-corrected chi connectivity index (χ3v) is 5.42. The summed E-state index contributed by atoms with van der Waals surface area (Å²) in [5.74, 6) is 1.49. The molecule has 0 atom stereocenters. The molecule has 0 unspecified atom stereocenters. The molecule has 3 saturated carbocycles. The summed E-state index contributed by atoms with van der Waals surface area (Å²) in [4.78, 5) is 16.7. The van der Waals surface area contributed by atoms with Gasteiger partial charge in [-0.2, -0.15) is 4.98 Å². The molecule has 1 heterocycles. The Morgan fingerprint density at radius 3 is 2.14 bits per heavy atom. The number of hydrogen-bond acceptors (Lipinski definition) is 5. The minimum absolute atomic E-state index is 0.0216. The first-order valence-corrected chi connectivity index (χ1v) is 7.75. The minimum atomic E-state index is -0.261. The van der Waals surface area contributed by atoms with Crippen molar-refractivity contribution in [2.45, 2.75) is 70.1 Å². The van der Waals surface area contributed by atoms with E-state index in [-0.39, 0.29) is 22.2 Å². The average molecular weight is 292 g/mol. The van der Waals surface area contributed by atoms with E-state index in [1.807, 2.05) is 0 Å². The Labute approximate surface area is 125 Å². The number of esters is 1. The highest BCUT2D eigenvalue weighted by molar-refractivity contribution is 5.77. The maximum atomic E-state index is 12.0. The van der Waals surface area contributed by atoms with Gasteiger partial charge in [0.1, 0.15) is 0 Å². The van der Waals surface area contributed by atoms with Crippen molar-refractivity contribution in [2.75, 3.05) is 7.11 Å². The summed E-state index contributed by atoms with van der Waals surface area (Å²) in [6, 6.07) is 0. The fourth-order valence-electron chi connectivity index (χ4n) is 3.77. The van der Waals surface area contributed by atoms with E-state index in [4.69, 9.17) is 9.26 Å². The molecule has 2 bridgehead atoms. The first kappa shape index (κ1) is 14.5. The van der Waals surface area contributed by atoms with Crippen LogP contribution in [0.4, 0.5) is 0 Å². The van der Waals surface area contributed by atoms with E-state index in [1.54, 1.807) is 0 Å². The molecule has 0 aliphatic heterocycles. The van der Waals surface area contributed by atoms with Crippen molar-refractivity contribution in [2.24, 2.45) is 5.41 Å². The van der Waals surface area contributed by atoms with Crippen LogP contribution in [0.1, 0.15) is 71.0 Å². The molecule has 0 N–H and O–H groups in total. The smallest absolute Gasteiger partial charge is 0.311 e. The zero-order valence-corrected chi connectivity index (χ0v) is 13.4. The third-order valence-electron chi connectivity index (χ3n) is 5.42. The number of aromatic nitrogens is 2. The summed E-state index contributed by atoms with van der Waals surface area (Å²) in [6.45, 7) is 6.26. The molecular weight excluding hydrogens is 268 g/mol. The van der Waals surface area contributed by atoms with Gasteiger partial charge in [0.15, 0.2) is 5.82 Å². The Morgan fingerprint density at radius 1 is 1.14 bits per heavy atom. The second-order valence-electron chi connectivity index (χ2n) is 7.73. The van der Waals surface area contributed by atoms with Gasteiger partial charge in [-0.05, 0) is 38.5 Å². The molecule has 5 nitrogen and oxygen atoms in total. The van der Waals surface area contributed by atoms with Gasteiger partial charge in [-0.3, -0.25) is 4.79 Å². The molecule has 0 amide bonds. The van der Waals surface area contributed by atoms with Crippen LogP contribution in [0.5, 0.6) is 0 Å². The van der Waals surface area contributed by atoms with Gasteiger partial charge in [-0.25, -0.2) is 0 Å². The van der Waals surface area contributed by atoms with Crippen LogP contribution in [0.2, 0.25) is 0 Å². The zero-order chi connectivity index (χ0) is 15.3. The van der Waals surface area contributed by atoms with Gasteiger partial charge in [0.25, 0.3) is 0 Å². The molecule has 0 aromatic carbocycles. The van der Waals surface area contributed by atoms with Crippen LogP contribution in [0.3, 0.4) is 0 Å². The maximum Gasteiger partial charge on any atom is 0.311 e. The van der Waals surface area contributed by atoms with E-state index in [0.717, 1.165) is 50.2 Å². The number of carbonyl (C=O) groups excluding carboxylic acids is 1. The third kappa shape index (κ3) is 2.17. The molecule has 5 heteroatoms. The van der Waals surface area contributed by atoms with Crippen molar-refractivity contribution in [3.63, 3.8) is 0 Å². The van der Waals surface area contributed by atoms with Gasteiger partial charge in [0, 0.05) is 10.8 Å². The molecule has 1 aromatic rings. The summed E-state index contributed by atoms with van der Waals surface area (Å²) < 4.78 is 10.6. The van der Waals surface area contributed by atoms with Crippen LogP contribution in [0.25, 0.3) is 0 Å². The molecule has 0 radical (unpaired) electrons. The largest absolute Gasteiger partial charge is 0.469 e. The van der Waals surface area contributed by atoms with Crippen molar-refractivity contribution < 1.29 is 14.1 Å². The number of methoxy groups -OCH3 is 1. The Hall–Kier alpha value is -1.39. The lowest BCUT2D eigenvalue weighted by Gasteiger charge is -2.49. The zero-order valence-electron chi connectivity index (χ0n) is 13.4. The molecule has 3 fully saturated rings. The van der Waals surface area contributed by atoms with Crippen molar-refractivity contribution in [1.29, 1.82) is 0 Å². The number of hydrogen-bond donors (Lipinski definition) is 0. The van der Waals surface area contributed by atoms with Crippen LogP contribution < -0.4 is 0 Å². The normalized spacial score (nSPS) is 32.2. The lowest BCUT2D eigenvalue weighted by molar-refractivity contribution is -0.160. The monoisotopic (exact) mass is 292 g/mol. The molecule has 116 valence electrons. The van der Waals surface area contributed by atoms with E-state index in [2.05, 4.69) is 30.9 Å². The predicted molar refractivity (Wildman–Crippen MR) is 76.8 cm³/mol. The topological polar surface area (TPSA) is 65.2 Å². The molecule has 3 aliphatic carbocycles. The predicted octanol–water partition coefficient (Wildman–Crippen LogP) is 3.13. The van der Waals surface area contributed by atoms with Gasteiger partial charge in [0.05, 0.1) is 12.5 Å². The summed E-state index contributed by atoms with van der Waals surface area (Å²) >= 11 is 0. The highest BCUT2D eigenvalue weighted by Crippen LogP contribution is 2.57. The highest BCUT2D eigenvalue weighted by Gasteiger charge is 2.56. The Balaban J connectivity index is 1.83. The molecule has 4 rings (SSSR count). The van der Waals surface area contributed by atoms with Crippen LogP contribution in [0.15, 0.2) is 4.52 Å². The van der Waals surface area contributed by atoms with Crippen LogP contribution in [-0.2, 0) is 20.4 Å². The number of fused-ring (bicyclic) bond motifs is 3. The SMILES string of the molecule is COC(=O)C12CCC(c3nc(C(C)(C)C)no3)(CC1)CC2. The van der Waals surface area contributed by atoms with Crippen molar-refractivity contribution in [3.8, 4) is 0 Å². The maximum absolute atomic E-state index is 12.0. The molecule has 1 aromatic heterocycles. The quantitative estimate of drug-likeness (QED) is 0.783. The number of carbonyl (C=O) groups is 1. The molecule has 21 heavy (non-hydrogen) atoms. The van der Waals surface area contributed by atoms with Crippen LogP contribution in [-0.4, -0.2) is 23.2 Å². The second-order valence-corrected chi connectivity index (χ2v) is 7.73. The van der Waals surface area contributed by atoms with Crippen molar-refractivity contribution in [3.05, 3.63) is 11.7 Å². The first-order chi connectivity index (χ1) is 9.81. The molecule has 3 aliphatic rings. The number of ether oxygens (including phenoxy) is 1.